The number of hydrogen-bond acceptors (Lipinski definition) is 5. The van der Waals surface area contributed by atoms with E-state index >= 15 is 0 Å². The van der Waals surface area contributed by atoms with Crippen LogP contribution in [0, 0.1) is 0 Å². The van der Waals surface area contributed by atoms with Crippen molar-refractivity contribution in [2.45, 2.75) is 24.8 Å². The van der Waals surface area contributed by atoms with Crippen molar-refractivity contribution in [2.24, 2.45) is 0 Å². The predicted octanol–water partition coefficient (Wildman–Crippen LogP) is 6.13. The van der Waals surface area contributed by atoms with E-state index in [1.54, 1.807) is 14.2 Å². The van der Waals surface area contributed by atoms with E-state index in [-0.39, 0.29) is 17.7 Å². The van der Waals surface area contributed by atoms with Crippen LogP contribution in [-0.2, 0) is 4.79 Å². The molecule has 2 aliphatic rings. The van der Waals surface area contributed by atoms with E-state index in [4.69, 9.17) is 14.5 Å². The fourth-order valence-electron chi connectivity index (χ4n) is 5.39. The lowest BCUT2D eigenvalue weighted by molar-refractivity contribution is -0.116. The van der Waals surface area contributed by atoms with Gasteiger partial charge in [0, 0.05) is 29.7 Å². The Balaban J connectivity index is 1.44. The molecule has 0 fully saturated rings. The monoisotopic (exact) mass is 477 g/mol. The van der Waals surface area contributed by atoms with E-state index in [0.717, 1.165) is 50.9 Å². The average molecular weight is 478 g/mol. The Morgan fingerprint density at radius 3 is 2.58 bits per heavy atom. The summed E-state index contributed by atoms with van der Waals surface area (Å²) < 4.78 is 13.2. The first-order valence-electron chi connectivity index (χ1n) is 12.1. The number of nitrogens with one attached hydrogen (secondary N) is 1. The first-order chi connectivity index (χ1) is 17.7. The second kappa shape index (κ2) is 9.04. The summed E-state index contributed by atoms with van der Waals surface area (Å²) in [6.07, 6.45) is 5.32. The van der Waals surface area contributed by atoms with Gasteiger partial charge in [0.05, 0.1) is 31.3 Å². The van der Waals surface area contributed by atoms with Gasteiger partial charge in [-0.2, -0.15) is 0 Å². The lowest BCUT2D eigenvalue weighted by atomic mass is 9.78. The maximum Gasteiger partial charge on any atom is 0.209 e. The number of allylic oxidation sites excluding steroid dienone is 3. The molecule has 36 heavy (non-hydrogen) atoms. The van der Waals surface area contributed by atoms with Crippen LogP contribution in [0.5, 0.6) is 11.5 Å². The molecular formula is C30H27N3O3. The van der Waals surface area contributed by atoms with Crippen LogP contribution in [0.1, 0.15) is 35.9 Å². The van der Waals surface area contributed by atoms with E-state index in [9.17, 15) is 4.79 Å². The third-order valence-electron chi connectivity index (χ3n) is 7.09. The van der Waals surface area contributed by atoms with Crippen molar-refractivity contribution < 1.29 is 14.3 Å². The van der Waals surface area contributed by atoms with Crippen LogP contribution in [0.4, 0.5) is 5.95 Å². The van der Waals surface area contributed by atoms with Gasteiger partial charge in [-0.3, -0.25) is 9.36 Å². The highest BCUT2D eigenvalue weighted by Crippen LogP contribution is 2.46. The summed E-state index contributed by atoms with van der Waals surface area (Å²) in [4.78, 5) is 18.7. The predicted molar refractivity (Wildman–Crippen MR) is 141 cm³/mol. The van der Waals surface area contributed by atoms with Gasteiger partial charge in [0.2, 0.25) is 5.95 Å². The lowest BCUT2D eigenvalue weighted by Crippen LogP contribution is -2.32. The van der Waals surface area contributed by atoms with Gasteiger partial charge in [-0.15, -0.1) is 0 Å². The molecule has 0 saturated carbocycles. The largest absolute Gasteiger partial charge is 0.497 e. The zero-order chi connectivity index (χ0) is 24.6. The number of methoxy groups -OCH3 is 2. The molecule has 6 rings (SSSR count). The normalized spacial score (nSPS) is 19.2. The van der Waals surface area contributed by atoms with Crippen molar-refractivity contribution in [2.75, 3.05) is 19.5 Å². The Morgan fingerprint density at radius 2 is 1.78 bits per heavy atom. The van der Waals surface area contributed by atoms with E-state index in [0.29, 0.717) is 12.8 Å². The second-order valence-electron chi connectivity index (χ2n) is 9.16. The summed E-state index contributed by atoms with van der Waals surface area (Å²) >= 11 is 0. The number of ether oxygens (including phenoxy) is 2. The Bertz CT molecular complexity index is 1520. The Kier molecular flexibility index (Phi) is 5.56. The molecule has 1 aromatic heterocycles. The number of carbonyl (C=O) groups excluding carboxylic acids is 1. The lowest BCUT2D eigenvalue weighted by Gasteiger charge is -2.35. The van der Waals surface area contributed by atoms with Gasteiger partial charge in [0.25, 0.3) is 0 Å². The van der Waals surface area contributed by atoms with Crippen molar-refractivity contribution in [1.29, 1.82) is 0 Å². The molecule has 1 aliphatic heterocycles. The number of para-hydroxylation sites is 2. The molecule has 6 nitrogen and oxygen atoms in total. The zero-order valence-electron chi connectivity index (χ0n) is 20.3. The van der Waals surface area contributed by atoms with Gasteiger partial charge in [-0.05, 0) is 35.7 Å². The van der Waals surface area contributed by atoms with Crippen LogP contribution in [0.3, 0.4) is 0 Å². The summed E-state index contributed by atoms with van der Waals surface area (Å²) in [5.41, 5.74) is 5.74. The minimum Gasteiger partial charge on any atom is -0.497 e. The first kappa shape index (κ1) is 22.2. The SMILES string of the molecule is COc1ccc(C2CC(=O)C3=C(C2)Nc2nc4ccccc4n2C3C=Cc2ccccc2)c(OC)c1. The number of nitrogens with zero attached hydrogens (tertiary/aromatic N) is 2. The fourth-order valence-corrected chi connectivity index (χ4v) is 5.39. The van der Waals surface area contributed by atoms with Gasteiger partial charge in [-0.1, -0.05) is 60.7 Å². The van der Waals surface area contributed by atoms with Crippen molar-refractivity contribution in [3.05, 3.63) is 101 Å². The van der Waals surface area contributed by atoms with Gasteiger partial charge in [0.15, 0.2) is 5.78 Å². The number of hydrogen-bond donors (Lipinski definition) is 1. The number of rotatable bonds is 5. The molecule has 4 aromatic rings. The molecule has 1 N–H and O–H groups in total. The number of ketones is 1. The summed E-state index contributed by atoms with van der Waals surface area (Å²) in [6, 6.07) is 23.8. The number of aromatic nitrogens is 2. The number of benzene rings is 3. The van der Waals surface area contributed by atoms with Crippen molar-refractivity contribution >= 4 is 28.8 Å². The molecule has 180 valence electrons. The molecule has 2 atom stereocenters. The average Bonchev–Trinajstić information content (AvgIpc) is 3.29. The smallest absolute Gasteiger partial charge is 0.209 e. The molecule has 0 saturated heterocycles. The fraction of sp³-hybridized carbons (Fsp3) is 0.200. The van der Waals surface area contributed by atoms with E-state index < -0.39 is 0 Å². The highest BCUT2D eigenvalue weighted by Gasteiger charge is 2.38. The summed E-state index contributed by atoms with van der Waals surface area (Å²) in [5, 5.41) is 3.52. The van der Waals surface area contributed by atoms with Crippen LogP contribution in [-0.4, -0.2) is 29.6 Å². The Labute approximate surface area is 209 Å². The van der Waals surface area contributed by atoms with Crippen molar-refractivity contribution in [1.82, 2.24) is 9.55 Å². The molecular weight excluding hydrogens is 450 g/mol. The van der Waals surface area contributed by atoms with Crippen molar-refractivity contribution in [3.63, 3.8) is 0 Å². The highest BCUT2D eigenvalue weighted by atomic mass is 16.5. The van der Waals surface area contributed by atoms with Crippen LogP contribution < -0.4 is 14.8 Å². The molecule has 2 heterocycles. The zero-order valence-corrected chi connectivity index (χ0v) is 20.3. The summed E-state index contributed by atoms with van der Waals surface area (Å²) in [7, 11) is 3.29. The van der Waals surface area contributed by atoms with Crippen LogP contribution in [0.2, 0.25) is 0 Å². The van der Waals surface area contributed by atoms with Gasteiger partial charge in [0.1, 0.15) is 11.5 Å². The second-order valence-corrected chi connectivity index (χ2v) is 9.16. The first-order valence-corrected chi connectivity index (χ1v) is 12.1. The molecule has 0 amide bonds. The Morgan fingerprint density at radius 1 is 0.972 bits per heavy atom. The van der Waals surface area contributed by atoms with Crippen LogP contribution >= 0.6 is 0 Å². The third-order valence-corrected chi connectivity index (χ3v) is 7.09. The number of Topliss-reactive ketones (excluding diaryl/α,β-unsaturated/α-hetero) is 1. The maximum absolute atomic E-state index is 13.8. The molecule has 3 aromatic carbocycles. The van der Waals surface area contributed by atoms with Gasteiger partial charge in [-0.25, -0.2) is 4.98 Å². The maximum atomic E-state index is 13.8. The number of anilines is 1. The van der Waals surface area contributed by atoms with Crippen molar-refractivity contribution in [3.8, 4) is 11.5 Å². The number of fused-ring (bicyclic) bond motifs is 3. The quantitative estimate of drug-likeness (QED) is 0.374. The summed E-state index contributed by atoms with van der Waals surface area (Å²) in [6.45, 7) is 0. The van der Waals surface area contributed by atoms with Crippen LogP contribution in [0.15, 0.2) is 90.1 Å². The number of imidazole rings is 1. The van der Waals surface area contributed by atoms with Crippen LogP contribution in [0.25, 0.3) is 17.1 Å². The molecule has 0 bridgehead atoms. The molecule has 2 unspecified atom stereocenters. The molecule has 1 aliphatic carbocycles. The minimum atomic E-state index is -0.241. The topological polar surface area (TPSA) is 65.4 Å². The highest BCUT2D eigenvalue weighted by molar-refractivity contribution is 6.01. The van der Waals surface area contributed by atoms with Gasteiger partial charge < -0.3 is 14.8 Å². The third kappa shape index (κ3) is 3.75. The van der Waals surface area contributed by atoms with E-state index in [1.807, 2.05) is 54.6 Å². The summed E-state index contributed by atoms with van der Waals surface area (Å²) in [5.74, 6) is 2.36. The standard InChI is InChI=1S/C30H27N3O3/c1-35-21-13-14-22(28(18-21)36-2)20-16-24-29(27(34)17-20)26(15-12-19-8-4-3-5-9-19)33-25-11-7-6-10-23(25)31-30(33)32-24/h3-15,18,20,26H,16-17H2,1-2H3,(H,31,32). The molecule has 0 spiro atoms. The molecule has 6 heteroatoms. The molecule has 0 radical (unpaired) electrons. The number of carbonyl (C=O) groups is 1. The van der Waals surface area contributed by atoms with E-state index in [2.05, 4.69) is 40.2 Å². The van der Waals surface area contributed by atoms with E-state index in [1.165, 1.54) is 0 Å². The van der Waals surface area contributed by atoms with Gasteiger partial charge >= 0.3 is 0 Å². The minimum absolute atomic E-state index is 0.000660. The Hall–Kier alpha value is -4.32.